The fourth-order valence-corrected chi connectivity index (χ4v) is 6.00. The van der Waals surface area contributed by atoms with E-state index in [1.54, 1.807) is 7.05 Å². The average molecular weight is 608 g/mol. The number of phenols is 1. The molecule has 0 radical (unpaired) electrons. The summed E-state index contributed by atoms with van der Waals surface area (Å²) in [7, 11) is 4.59. The molecule has 1 aromatic carbocycles. The number of primary amides is 1. The molecular formula is C24H29Cl3N4O8. The zero-order valence-corrected chi connectivity index (χ0v) is 23.5. The van der Waals surface area contributed by atoms with E-state index in [1.807, 2.05) is 0 Å². The largest absolute Gasteiger partial charge is 0.508 e. The number of hydrogen-bond donors (Lipinski definition) is 7. The molecule has 0 bridgehead atoms. The highest BCUT2D eigenvalue weighted by atomic mass is 35.5. The van der Waals surface area contributed by atoms with Crippen LogP contribution in [0.1, 0.15) is 17.5 Å². The summed E-state index contributed by atoms with van der Waals surface area (Å²) in [6.45, 7) is -0.0888. The van der Waals surface area contributed by atoms with E-state index in [-0.39, 0.29) is 66.0 Å². The molecule has 214 valence electrons. The van der Waals surface area contributed by atoms with Crippen molar-refractivity contribution in [3.63, 3.8) is 0 Å². The molecular weight excluding hydrogens is 579 g/mol. The second-order valence-corrected chi connectivity index (χ2v) is 10.1. The van der Waals surface area contributed by atoms with Crippen LogP contribution >= 0.6 is 36.4 Å². The van der Waals surface area contributed by atoms with Gasteiger partial charge in [0, 0.05) is 11.5 Å². The van der Waals surface area contributed by atoms with Gasteiger partial charge in [0.25, 0.3) is 5.91 Å². The van der Waals surface area contributed by atoms with Crippen LogP contribution in [0.25, 0.3) is 5.76 Å². The van der Waals surface area contributed by atoms with E-state index in [2.05, 4.69) is 10.6 Å². The number of likely N-dealkylation sites (N-methyl/N-ethyl adjacent to an activating group) is 2. The number of benzene rings is 1. The van der Waals surface area contributed by atoms with Gasteiger partial charge in [-0.3, -0.25) is 24.1 Å². The first-order chi connectivity index (χ1) is 17.3. The summed E-state index contributed by atoms with van der Waals surface area (Å²) in [6, 6.07) is 0.279. The molecule has 0 aliphatic heterocycles. The molecule has 0 heterocycles. The Morgan fingerprint density at radius 2 is 1.82 bits per heavy atom. The summed E-state index contributed by atoms with van der Waals surface area (Å²) in [5.74, 6) is -8.09. The van der Waals surface area contributed by atoms with Crippen LogP contribution in [0.3, 0.4) is 0 Å². The van der Waals surface area contributed by atoms with Crippen molar-refractivity contribution in [2.75, 3.05) is 33.0 Å². The van der Waals surface area contributed by atoms with Crippen molar-refractivity contribution in [2.45, 2.75) is 24.5 Å². The van der Waals surface area contributed by atoms with Gasteiger partial charge in [-0.1, -0.05) is 11.6 Å². The van der Waals surface area contributed by atoms with Gasteiger partial charge in [0.1, 0.15) is 22.8 Å². The molecule has 2 amide bonds. The van der Waals surface area contributed by atoms with Crippen LogP contribution < -0.4 is 16.4 Å². The van der Waals surface area contributed by atoms with E-state index in [4.69, 9.17) is 17.3 Å². The molecule has 1 aromatic rings. The van der Waals surface area contributed by atoms with E-state index in [1.165, 1.54) is 25.1 Å². The van der Waals surface area contributed by atoms with Crippen molar-refractivity contribution < 1.29 is 39.6 Å². The van der Waals surface area contributed by atoms with E-state index in [0.29, 0.717) is 5.56 Å². The number of nitrogens with two attached hydrogens (primary N) is 1. The number of rotatable bonds is 5. The topological polar surface area (TPSA) is 203 Å². The highest BCUT2D eigenvalue weighted by Gasteiger charge is 2.64. The molecule has 0 aromatic heterocycles. The number of carbonyl (C=O) groups excluding carboxylic acids is 4. The van der Waals surface area contributed by atoms with Crippen molar-refractivity contribution in [3.05, 3.63) is 39.1 Å². The number of halogens is 3. The lowest BCUT2D eigenvalue weighted by Gasteiger charge is -2.50. The predicted molar refractivity (Wildman–Crippen MR) is 146 cm³/mol. The lowest BCUT2D eigenvalue weighted by Crippen LogP contribution is -2.65. The Kier molecular flexibility index (Phi) is 9.39. The third-order valence-corrected chi connectivity index (χ3v) is 7.56. The molecule has 0 saturated heterocycles. The summed E-state index contributed by atoms with van der Waals surface area (Å²) >= 11 is 6.31. The standard InChI is InChI=1S/C24H27ClN4O8.2ClH/c1-27-7-12(30)28-16-11(25)6-9-4-8-5-10-17(29(2)3)20(33)15(23(26)36)22(35)24(10,37)21(34)14(8)18(31)13(9)19(16)32;;/h6,8,10,17,27,31-32,35,37H,4-5,7H2,1-3H3,(H2,26,36)(H,28,30);2*1H/t8?,10?,17-,24?;;/m0../s1. The molecule has 3 aliphatic carbocycles. The van der Waals surface area contributed by atoms with Crippen molar-refractivity contribution >= 4 is 71.2 Å². The molecule has 4 rings (SSSR count). The van der Waals surface area contributed by atoms with Crippen LogP contribution in [0.4, 0.5) is 5.69 Å². The molecule has 0 spiro atoms. The summed E-state index contributed by atoms with van der Waals surface area (Å²) < 4.78 is 0. The molecule has 12 nitrogen and oxygen atoms in total. The Morgan fingerprint density at radius 3 is 2.36 bits per heavy atom. The van der Waals surface area contributed by atoms with E-state index in [0.717, 1.165) is 0 Å². The fraction of sp³-hybridized carbons (Fsp3) is 0.417. The zero-order chi connectivity index (χ0) is 27.6. The van der Waals surface area contributed by atoms with Crippen LogP contribution in [0, 0.1) is 11.8 Å². The van der Waals surface area contributed by atoms with Gasteiger partial charge in [0.05, 0.1) is 23.2 Å². The number of aliphatic hydroxyl groups excluding tert-OH is 2. The Hall–Kier alpha value is -2.87. The molecule has 1 saturated carbocycles. The van der Waals surface area contributed by atoms with Crippen molar-refractivity contribution in [1.82, 2.24) is 10.2 Å². The van der Waals surface area contributed by atoms with E-state index in [9.17, 15) is 39.6 Å². The Labute approximate surface area is 240 Å². The number of nitrogens with one attached hydrogen (secondary N) is 2. The Bertz CT molecular complexity index is 1330. The summed E-state index contributed by atoms with van der Waals surface area (Å²) in [6.07, 6.45) is 0.0529. The number of phenolic OH excluding ortho intramolecular Hbond substituents is 1. The van der Waals surface area contributed by atoms with Gasteiger partial charge < -0.3 is 36.8 Å². The van der Waals surface area contributed by atoms with Gasteiger partial charge in [-0.25, -0.2) is 0 Å². The molecule has 1 fully saturated rings. The number of ketones is 2. The Morgan fingerprint density at radius 1 is 1.21 bits per heavy atom. The van der Waals surface area contributed by atoms with Crippen molar-refractivity contribution in [2.24, 2.45) is 17.6 Å². The SMILES string of the molecule is CNCC(=O)Nc1c(Cl)cc2c(c1O)C(O)=C1C(=O)C3(O)C(O)=C(C(N)=O)C(=O)[C@@H](N(C)C)C3CC1C2.Cl.Cl. The number of aliphatic hydroxyl groups is 3. The second kappa shape index (κ2) is 11.3. The van der Waals surface area contributed by atoms with Gasteiger partial charge >= 0.3 is 0 Å². The number of carbonyl (C=O) groups is 4. The summed E-state index contributed by atoms with van der Waals surface area (Å²) in [5, 5.41) is 49.7. The molecule has 4 atom stereocenters. The molecule has 39 heavy (non-hydrogen) atoms. The highest BCUT2D eigenvalue weighted by Crippen LogP contribution is 2.54. The minimum Gasteiger partial charge on any atom is -0.508 e. The summed E-state index contributed by atoms with van der Waals surface area (Å²) in [5.41, 5.74) is 1.43. The number of hydrogen-bond acceptors (Lipinski definition) is 10. The first-order valence-corrected chi connectivity index (χ1v) is 11.8. The van der Waals surface area contributed by atoms with Crippen LogP contribution in [-0.2, 0) is 25.6 Å². The second-order valence-electron chi connectivity index (χ2n) is 9.66. The van der Waals surface area contributed by atoms with Gasteiger partial charge in [0.2, 0.25) is 11.7 Å². The minimum atomic E-state index is -2.73. The molecule has 3 aliphatic rings. The zero-order valence-electron chi connectivity index (χ0n) is 21.1. The lowest BCUT2D eigenvalue weighted by molar-refractivity contribution is -0.153. The third-order valence-electron chi connectivity index (χ3n) is 7.27. The van der Waals surface area contributed by atoms with Crippen LogP contribution in [0.15, 0.2) is 23.0 Å². The van der Waals surface area contributed by atoms with Gasteiger partial charge in [-0.2, -0.15) is 0 Å². The monoisotopic (exact) mass is 606 g/mol. The average Bonchev–Trinajstić information content (AvgIpc) is 2.78. The summed E-state index contributed by atoms with van der Waals surface area (Å²) in [4.78, 5) is 52.4. The number of fused-ring (bicyclic) bond motifs is 3. The van der Waals surface area contributed by atoms with E-state index >= 15 is 0 Å². The number of anilines is 1. The minimum absolute atomic E-state index is 0. The highest BCUT2D eigenvalue weighted by molar-refractivity contribution is 6.34. The normalized spacial score (nSPS) is 25.7. The molecule has 15 heteroatoms. The first-order valence-electron chi connectivity index (χ1n) is 11.4. The Balaban J connectivity index is 0.00000267. The molecule has 8 N–H and O–H groups in total. The van der Waals surface area contributed by atoms with Gasteiger partial charge in [0.15, 0.2) is 17.1 Å². The van der Waals surface area contributed by atoms with Crippen molar-refractivity contribution in [1.29, 1.82) is 0 Å². The maximum atomic E-state index is 13.8. The maximum Gasteiger partial charge on any atom is 0.255 e. The quantitative estimate of drug-likeness (QED) is 0.184. The van der Waals surface area contributed by atoms with Crippen LogP contribution in [0.2, 0.25) is 5.02 Å². The van der Waals surface area contributed by atoms with Crippen molar-refractivity contribution in [3.8, 4) is 5.75 Å². The van der Waals surface area contributed by atoms with Crippen LogP contribution in [-0.4, -0.2) is 88.0 Å². The van der Waals surface area contributed by atoms with E-state index < -0.39 is 69.7 Å². The first kappa shape index (κ1) is 32.3. The molecule has 3 unspecified atom stereocenters. The van der Waals surface area contributed by atoms with Gasteiger partial charge in [-0.15, -0.1) is 24.8 Å². The number of aromatic hydroxyl groups is 1. The maximum absolute atomic E-state index is 13.8. The number of Topliss-reactive ketones (excluding diaryl/α,β-unsaturated/α-hetero) is 2. The lowest BCUT2D eigenvalue weighted by atomic mass is 9.57. The fourth-order valence-electron chi connectivity index (χ4n) is 5.73. The number of nitrogens with zero attached hydrogens (tertiary/aromatic N) is 1. The van der Waals surface area contributed by atoms with Gasteiger partial charge in [-0.05, 0) is 51.5 Å². The number of amides is 2. The third kappa shape index (κ3) is 4.75. The van der Waals surface area contributed by atoms with Crippen LogP contribution in [0.5, 0.6) is 5.75 Å². The smallest absolute Gasteiger partial charge is 0.255 e. The predicted octanol–water partition coefficient (Wildman–Crippen LogP) is 0.619.